The van der Waals surface area contributed by atoms with Crippen molar-refractivity contribution in [3.05, 3.63) is 24.3 Å². The maximum Gasteiger partial charge on any atom is 0.119 e. The molecule has 2 atom stereocenters. The Kier molecular flexibility index (Phi) is 5.33. The molecule has 2 unspecified atom stereocenters. The molecule has 96 valence electrons. The summed E-state index contributed by atoms with van der Waals surface area (Å²) in [6.45, 7) is 10.8. The molecular formula is C15H25NO. The minimum atomic E-state index is 0.229. The summed E-state index contributed by atoms with van der Waals surface area (Å²) in [4.78, 5) is 0. The third-order valence-corrected chi connectivity index (χ3v) is 3.12. The van der Waals surface area contributed by atoms with E-state index in [1.54, 1.807) is 0 Å². The Morgan fingerprint density at radius 2 is 1.65 bits per heavy atom. The molecular weight excluding hydrogens is 210 g/mol. The van der Waals surface area contributed by atoms with Crippen molar-refractivity contribution in [3.8, 4) is 5.75 Å². The van der Waals surface area contributed by atoms with E-state index >= 15 is 0 Å². The van der Waals surface area contributed by atoms with Gasteiger partial charge in [-0.05, 0) is 51.0 Å². The molecule has 0 aliphatic rings. The number of hydrogen-bond acceptors (Lipinski definition) is 2. The third-order valence-electron chi connectivity index (χ3n) is 3.12. The lowest BCUT2D eigenvalue weighted by molar-refractivity contribution is 0.242. The van der Waals surface area contributed by atoms with Gasteiger partial charge in [-0.2, -0.15) is 0 Å². The first kappa shape index (κ1) is 13.9. The van der Waals surface area contributed by atoms with Gasteiger partial charge >= 0.3 is 0 Å². The van der Waals surface area contributed by atoms with Crippen molar-refractivity contribution in [1.82, 2.24) is 0 Å². The van der Waals surface area contributed by atoms with Gasteiger partial charge in [0.15, 0.2) is 0 Å². The van der Waals surface area contributed by atoms with Crippen LogP contribution >= 0.6 is 0 Å². The molecule has 0 spiro atoms. The fourth-order valence-electron chi connectivity index (χ4n) is 1.66. The van der Waals surface area contributed by atoms with E-state index < -0.39 is 0 Å². The fourth-order valence-corrected chi connectivity index (χ4v) is 1.66. The SMILES string of the molecule is CCC(C)C(C)Nc1ccc(OC(C)C)cc1. The molecule has 0 saturated heterocycles. The minimum absolute atomic E-state index is 0.229. The average molecular weight is 235 g/mol. The van der Waals surface area contributed by atoms with E-state index in [2.05, 4.69) is 38.2 Å². The largest absolute Gasteiger partial charge is 0.491 e. The highest BCUT2D eigenvalue weighted by molar-refractivity contribution is 5.47. The molecule has 2 heteroatoms. The Balaban J connectivity index is 2.56. The number of nitrogens with one attached hydrogen (secondary N) is 1. The van der Waals surface area contributed by atoms with Crippen LogP contribution in [0.2, 0.25) is 0 Å². The molecule has 0 aliphatic carbocycles. The van der Waals surface area contributed by atoms with Crippen molar-refractivity contribution >= 4 is 5.69 Å². The maximum absolute atomic E-state index is 5.61. The van der Waals surface area contributed by atoms with Gasteiger partial charge in [-0.1, -0.05) is 20.3 Å². The van der Waals surface area contributed by atoms with Crippen LogP contribution in [0.4, 0.5) is 5.69 Å². The van der Waals surface area contributed by atoms with E-state index in [0.717, 1.165) is 11.4 Å². The van der Waals surface area contributed by atoms with Gasteiger partial charge in [-0.3, -0.25) is 0 Å². The molecule has 0 amide bonds. The summed E-state index contributed by atoms with van der Waals surface area (Å²) in [5.74, 6) is 1.61. The van der Waals surface area contributed by atoms with Crippen molar-refractivity contribution in [1.29, 1.82) is 0 Å². The van der Waals surface area contributed by atoms with Crippen molar-refractivity contribution in [2.45, 2.75) is 53.2 Å². The van der Waals surface area contributed by atoms with Gasteiger partial charge in [0, 0.05) is 11.7 Å². The number of anilines is 1. The molecule has 1 aromatic carbocycles. The van der Waals surface area contributed by atoms with Gasteiger partial charge in [-0.25, -0.2) is 0 Å². The first-order chi connectivity index (χ1) is 8.02. The van der Waals surface area contributed by atoms with Crippen molar-refractivity contribution in [2.75, 3.05) is 5.32 Å². The lowest BCUT2D eigenvalue weighted by Crippen LogP contribution is -2.23. The van der Waals surface area contributed by atoms with Crippen LogP contribution in [-0.4, -0.2) is 12.1 Å². The van der Waals surface area contributed by atoms with Crippen LogP contribution in [0.15, 0.2) is 24.3 Å². The zero-order valence-corrected chi connectivity index (χ0v) is 11.7. The number of ether oxygens (including phenoxy) is 1. The smallest absolute Gasteiger partial charge is 0.119 e. The highest BCUT2D eigenvalue weighted by atomic mass is 16.5. The third kappa shape index (κ3) is 4.68. The lowest BCUT2D eigenvalue weighted by Gasteiger charge is -2.21. The zero-order valence-electron chi connectivity index (χ0n) is 11.7. The standard InChI is InChI=1S/C15H25NO/c1-6-12(4)13(5)16-14-7-9-15(10-8-14)17-11(2)3/h7-13,16H,6H2,1-5H3. The van der Waals surface area contributed by atoms with E-state index in [1.165, 1.54) is 6.42 Å². The van der Waals surface area contributed by atoms with Crippen molar-refractivity contribution < 1.29 is 4.74 Å². The number of hydrogen-bond donors (Lipinski definition) is 1. The molecule has 0 heterocycles. The molecule has 1 N–H and O–H groups in total. The topological polar surface area (TPSA) is 21.3 Å². The van der Waals surface area contributed by atoms with Gasteiger partial charge in [0.2, 0.25) is 0 Å². The van der Waals surface area contributed by atoms with Gasteiger partial charge < -0.3 is 10.1 Å². The van der Waals surface area contributed by atoms with Gasteiger partial charge in [-0.15, -0.1) is 0 Å². The second-order valence-electron chi connectivity index (χ2n) is 5.01. The highest BCUT2D eigenvalue weighted by Crippen LogP contribution is 2.19. The minimum Gasteiger partial charge on any atom is -0.491 e. The van der Waals surface area contributed by atoms with Gasteiger partial charge in [0.05, 0.1) is 6.10 Å². The molecule has 0 fully saturated rings. The molecule has 0 aromatic heterocycles. The zero-order chi connectivity index (χ0) is 12.8. The monoisotopic (exact) mass is 235 g/mol. The van der Waals surface area contributed by atoms with Crippen LogP contribution in [0.25, 0.3) is 0 Å². The molecule has 2 nitrogen and oxygen atoms in total. The average Bonchev–Trinajstić information content (AvgIpc) is 2.30. The van der Waals surface area contributed by atoms with Crippen molar-refractivity contribution in [3.63, 3.8) is 0 Å². The first-order valence-electron chi connectivity index (χ1n) is 6.56. The second-order valence-corrected chi connectivity index (χ2v) is 5.01. The molecule has 0 saturated carbocycles. The Bertz CT molecular complexity index is 318. The molecule has 17 heavy (non-hydrogen) atoms. The highest BCUT2D eigenvalue weighted by Gasteiger charge is 2.09. The Labute approximate surface area is 105 Å². The number of rotatable bonds is 6. The Hall–Kier alpha value is -1.18. The van der Waals surface area contributed by atoms with Crippen molar-refractivity contribution in [2.24, 2.45) is 5.92 Å². The predicted octanol–water partition coefficient (Wildman–Crippen LogP) is 4.32. The van der Waals surface area contributed by atoms with Gasteiger partial charge in [0.25, 0.3) is 0 Å². The van der Waals surface area contributed by atoms with Gasteiger partial charge in [0.1, 0.15) is 5.75 Å². The van der Waals surface area contributed by atoms with E-state index in [0.29, 0.717) is 12.0 Å². The van der Waals surface area contributed by atoms with E-state index in [4.69, 9.17) is 4.74 Å². The quantitative estimate of drug-likeness (QED) is 0.793. The van der Waals surface area contributed by atoms with Crippen LogP contribution in [0.5, 0.6) is 5.75 Å². The summed E-state index contributed by atoms with van der Waals surface area (Å²) >= 11 is 0. The summed E-state index contributed by atoms with van der Waals surface area (Å²) in [6.07, 6.45) is 1.43. The maximum atomic E-state index is 5.61. The van der Waals surface area contributed by atoms with Crippen LogP contribution in [0.1, 0.15) is 41.0 Å². The van der Waals surface area contributed by atoms with E-state index in [-0.39, 0.29) is 6.10 Å². The Morgan fingerprint density at radius 1 is 1.06 bits per heavy atom. The lowest BCUT2D eigenvalue weighted by atomic mass is 10.0. The molecule has 0 bridgehead atoms. The molecule has 1 aromatic rings. The summed E-state index contributed by atoms with van der Waals surface area (Å²) in [5, 5.41) is 3.52. The van der Waals surface area contributed by atoms with Crippen LogP contribution in [0.3, 0.4) is 0 Å². The second kappa shape index (κ2) is 6.53. The van der Waals surface area contributed by atoms with Crippen LogP contribution in [-0.2, 0) is 0 Å². The van der Waals surface area contributed by atoms with Crippen LogP contribution in [0, 0.1) is 5.92 Å². The molecule has 0 aliphatic heterocycles. The fraction of sp³-hybridized carbons (Fsp3) is 0.600. The summed E-state index contributed by atoms with van der Waals surface area (Å²) in [5.41, 5.74) is 1.16. The molecule has 0 radical (unpaired) electrons. The predicted molar refractivity (Wildman–Crippen MR) is 74.7 cm³/mol. The number of benzene rings is 1. The van der Waals surface area contributed by atoms with Crippen LogP contribution < -0.4 is 10.1 Å². The van der Waals surface area contributed by atoms with E-state index in [9.17, 15) is 0 Å². The summed E-state index contributed by atoms with van der Waals surface area (Å²) < 4.78 is 5.61. The summed E-state index contributed by atoms with van der Waals surface area (Å²) in [6, 6.07) is 8.70. The Morgan fingerprint density at radius 3 is 2.12 bits per heavy atom. The summed E-state index contributed by atoms with van der Waals surface area (Å²) in [7, 11) is 0. The van der Waals surface area contributed by atoms with E-state index in [1.807, 2.05) is 26.0 Å². The molecule has 1 rings (SSSR count). The first-order valence-corrected chi connectivity index (χ1v) is 6.56. The normalized spacial score (nSPS) is 14.5.